The Bertz CT molecular complexity index is 1940. The Balaban J connectivity index is 1.50. The summed E-state index contributed by atoms with van der Waals surface area (Å²) in [6.45, 7) is 7.99. The second-order valence-electron chi connectivity index (χ2n) is 13.5. The molecule has 0 amide bonds. The molecule has 246 valence electrons. The number of carbonyl (C=O) groups is 1. The van der Waals surface area contributed by atoms with Gasteiger partial charge in [0.1, 0.15) is 5.78 Å². The molecule has 0 radical (unpaired) electrons. The van der Waals surface area contributed by atoms with Crippen molar-refractivity contribution >= 4 is 25.5 Å². The van der Waals surface area contributed by atoms with Gasteiger partial charge in [0.15, 0.2) is 19.7 Å². The molecule has 2 aliphatic carbocycles. The molecule has 6 unspecified atom stereocenters. The SMILES string of the molecule is CCc1ccc(C2CC3C(CC2S(=O)(=O)c2ccc(C)cc2)C(=O)CC(c2ccc(CC)cc2)C3S(=O)(=O)c2ccc(C)cc2)cc1. The van der Waals surface area contributed by atoms with Crippen molar-refractivity contribution in [1.82, 2.24) is 0 Å². The molecule has 0 saturated heterocycles. The molecule has 6 atom stereocenters. The first-order valence-corrected chi connectivity index (χ1v) is 19.8. The number of hydrogen-bond acceptors (Lipinski definition) is 5. The highest BCUT2D eigenvalue weighted by Gasteiger charge is 2.56. The van der Waals surface area contributed by atoms with E-state index < -0.39 is 53.8 Å². The van der Waals surface area contributed by atoms with E-state index in [4.69, 9.17) is 0 Å². The Morgan fingerprint density at radius 1 is 0.553 bits per heavy atom. The van der Waals surface area contributed by atoms with Crippen molar-refractivity contribution in [1.29, 1.82) is 0 Å². The van der Waals surface area contributed by atoms with E-state index in [1.165, 1.54) is 0 Å². The molecular weight excluding hydrogens is 625 g/mol. The van der Waals surface area contributed by atoms with Gasteiger partial charge in [-0.1, -0.05) is 97.8 Å². The number of sulfone groups is 2. The topological polar surface area (TPSA) is 85.3 Å². The largest absolute Gasteiger partial charge is 0.299 e. The minimum absolute atomic E-state index is 0.0428. The average Bonchev–Trinajstić information content (AvgIpc) is 3.08. The zero-order chi connectivity index (χ0) is 33.5. The molecule has 6 rings (SSSR count). The summed E-state index contributed by atoms with van der Waals surface area (Å²) in [5, 5.41) is -1.73. The third kappa shape index (κ3) is 6.37. The molecule has 47 heavy (non-hydrogen) atoms. The van der Waals surface area contributed by atoms with Crippen molar-refractivity contribution < 1.29 is 21.6 Å². The van der Waals surface area contributed by atoms with E-state index in [0.29, 0.717) is 0 Å². The van der Waals surface area contributed by atoms with Crippen molar-refractivity contribution in [3.63, 3.8) is 0 Å². The lowest BCUT2D eigenvalue weighted by Gasteiger charge is -2.48. The third-order valence-corrected chi connectivity index (χ3v) is 15.3. The highest BCUT2D eigenvalue weighted by molar-refractivity contribution is 7.92. The number of rotatable bonds is 8. The van der Waals surface area contributed by atoms with E-state index in [1.807, 2.05) is 74.5 Å². The number of hydrogen-bond donors (Lipinski definition) is 0. The summed E-state index contributed by atoms with van der Waals surface area (Å²) >= 11 is 0. The highest BCUT2D eigenvalue weighted by Crippen LogP contribution is 2.54. The van der Waals surface area contributed by atoms with Gasteiger partial charge in [-0.3, -0.25) is 4.79 Å². The number of aryl methyl sites for hydroxylation is 4. The summed E-state index contributed by atoms with van der Waals surface area (Å²) in [4.78, 5) is 14.7. The molecule has 0 aromatic heterocycles. The second-order valence-corrected chi connectivity index (χ2v) is 17.8. The molecule has 7 heteroatoms. The molecule has 4 aromatic carbocycles. The van der Waals surface area contributed by atoms with Crippen LogP contribution in [0.15, 0.2) is 107 Å². The predicted molar refractivity (Wildman–Crippen MR) is 187 cm³/mol. The molecule has 5 nitrogen and oxygen atoms in total. The Labute approximate surface area is 280 Å². The molecule has 4 aromatic rings. The van der Waals surface area contributed by atoms with Gasteiger partial charge in [0, 0.05) is 24.2 Å². The van der Waals surface area contributed by atoms with E-state index in [9.17, 15) is 21.6 Å². The molecule has 2 saturated carbocycles. The fraction of sp³-hybridized carbons (Fsp3) is 0.375. The van der Waals surface area contributed by atoms with Crippen LogP contribution in [0.1, 0.15) is 78.3 Å². The molecular formula is C40H44O5S2. The third-order valence-electron chi connectivity index (χ3n) is 10.7. The van der Waals surface area contributed by atoms with Crippen LogP contribution in [0.5, 0.6) is 0 Å². The van der Waals surface area contributed by atoms with Crippen molar-refractivity contribution in [2.45, 2.75) is 91.9 Å². The quantitative estimate of drug-likeness (QED) is 0.190. The van der Waals surface area contributed by atoms with Crippen molar-refractivity contribution in [2.75, 3.05) is 0 Å². The van der Waals surface area contributed by atoms with Crippen molar-refractivity contribution in [3.8, 4) is 0 Å². The Kier molecular flexibility index (Phi) is 9.34. The monoisotopic (exact) mass is 668 g/mol. The van der Waals surface area contributed by atoms with Crippen LogP contribution < -0.4 is 0 Å². The average molecular weight is 669 g/mol. The van der Waals surface area contributed by atoms with Crippen LogP contribution in [0.3, 0.4) is 0 Å². The molecule has 0 aliphatic heterocycles. The van der Waals surface area contributed by atoms with E-state index in [0.717, 1.165) is 46.2 Å². The first-order chi connectivity index (χ1) is 22.4. The van der Waals surface area contributed by atoms with Crippen LogP contribution in [0.2, 0.25) is 0 Å². The fourth-order valence-corrected chi connectivity index (χ4v) is 12.3. The molecule has 0 heterocycles. The summed E-state index contributed by atoms with van der Waals surface area (Å²) in [6.07, 6.45) is 2.16. The molecule has 2 fully saturated rings. The minimum atomic E-state index is -3.91. The number of ketones is 1. The standard InChI is InChI=1S/C40H44O5S2/c1-5-28-11-15-30(16-12-28)34-23-37-36(25-39(34)46(42,43)32-19-7-26(3)8-20-32)38(41)24-35(31-17-13-29(6-2)14-18-31)40(37)47(44,45)33-21-9-27(4)10-22-33/h7-22,34-37,39-40H,5-6,23-25H2,1-4H3. The van der Waals surface area contributed by atoms with Crippen LogP contribution in [-0.4, -0.2) is 33.1 Å². The number of fused-ring (bicyclic) bond motifs is 1. The van der Waals surface area contributed by atoms with Crippen LogP contribution in [0.4, 0.5) is 0 Å². The van der Waals surface area contributed by atoms with Gasteiger partial charge in [-0.05, 0) is 92.0 Å². The van der Waals surface area contributed by atoms with Gasteiger partial charge in [0.05, 0.1) is 20.3 Å². The van der Waals surface area contributed by atoms with Gasteiger partial charge in [0.2, 0.25) is 0 Å². The maximum absolute atomic E-state index is 14.8. The zero-order valence-electron chi connectivity index (χ0n) is 27.6. The van der Waals surface area contributed by atoms with Gasteiger partial charge < -0.3 is 0 Å². The fourth-order valence-electron chi connectivity index (χ4n) is 7.95. The smallest absolute Gasteiger partial charge is 0.182 e. The lowest BCUT2D eigenvalue weighted by molar-refractivity contribution is -0.128. The van der Waals surface area contributed by atoms with Gasteiger partial charge >= 0.3 is 0 Å². The van der Waals surface area contributed by atoms with Gasteiger partial charge in [-0.15, -0.1) is 0 Å². The first-order valence-electron chi connectivity index (χ1n) is 16.8. The molecule has 0 N–H and O–H groups in total. The lowest BCUT2D eigenvalue weighted by atomic mass is 9.61. The van der Waals surface area contributed by atoms with Crippen molar-refractivity contribution in [2.24, 2.45) is 11.8 Å². The molecule has 0 bridgehead atoms. The van der Waals surface area contributed by atoms with Gasteiger partial charge in [0.25, 0.3) is 0 Å². The maximum atomic E-state index is 14.8. The van der Waals surface area contributed by atoms with Crippen molar-refractivity contribution in [3.05, 3.63) is 130 Å². The Morgan fingerprint density at radius 2 is 1.00 bits per heavy atom. The second kappa shape index (κ2) is 13.2. The first kappa shape index (κ1) is 33.4. The Morgan fingerprint density at radius 3 is 1.47 bits per heavy atom. The van der Waals surface area contributed by atoms with Crippen LogP contribution >= 0.6 is 0 Å². The van der Waals surface area contributed by atoms with Crippen LogP contribution in [-0.2, 0) is 37.3 Å². The van der Waals surface area contributed by atoms with E-state index >= 15 is 0 Å². The van der Waals surface area contributed by atoms with E-state index in [-0.39, 0.29) is 34.8 Å². The summed E-state index contributed by atoms with van der Waals surface area (Å²) in [6, 6.07) is 29.9. The number of benzene rings is 4. The van der Waals surface area contributed by atoms with Gasteiger partial charge in [-0.25, -0.2) is 16.8 Å². The van der Waals surface area contributed by atoms with Crippen LogP contribution in [0, 0.1) is 25.7 Å². The van der Waals surface area contributed by atoms with Gasteiger partial charge in [-0.2, -0.15) is 0 Å². The minimum Gasteiger partial charge on any atom is -0.299 e. The molecule has 2 aliphatic rings. The lowest BCUT2D eigenvalue weighted by Crippen LogP contribution is -2.53. The maximum Gasteiger partial charge on any atom is 0.182 e. The summed E-state index contributed by atoms with van der Waals surface area (Å²) in [5.41, 5.74) is 5.92. The summed E-state index contributed by atoms with van der Waals surface area (Å²) in [7, 11) is -7.76. The van der Waals surface area contributed by atoms with Crippen LogP contribution in [0.25, 0.3) is 0 Å². The number of Topliss-reactive ketones (excluding diaryl/α,β-unsaturated/α-hetero) is 1. The van der Waals surface area contributed by atoms with E-state index in [2.05, 4.69) is 13.8 Å². The summed E-state index contributed by atoms with van der Waals surface area (Å²) < 4.78 is 58.5. The Hall–Kier alpha value is -3.55. The van der Waals surface area contributed by atoms with E-state index in [1.54, 1.807) is 36.4 Å². The zero-order valence-corrected chi connectivity index (χ0v) is 29.2. The predicted octanol–water partition coefficient (Wildman–Crippen LogP) is 7.98. The summed E-state index contributed by atoms with van der Waals surface area (Å²) in [5.74, 6) is -2.27. The highest BCUT2D eigenvalue weighted by atomic mass is 32.2. The number of carbonyl (C=O) groups excluding carboxylic acids is 1. The normalized spacial score (nSPS) is 24.9. The molecule has 0 spiro atoms.